The summed E-state index contributed by atoms with van der Waals surface area (Å²) in [6.07, 6.45) is 5.00. The van der Waals surface area contributed by atoms with Gasteiger partial charge in [-0.2, -0.15) is 9.78 Å². The Kier molecular flexibility index (Phi) is 4.83. The fraction of sp³-hybridized carbons (Fsp3) is 0.154. The van der Waals surface area contributed by atoms with Gasteiger partial charge in [0, 0.05) is 17.2 Å². The molecule has 0 atom stereocenters. The van der Waals surface area contributed by atoms with Crippen molar-refractivity contribution >= 4 is 22.5 Å². The van der Waals surface area contributed by atoms with Gasteiger partial charge in [-0.3, -0.25) is 14.6 Å². The Balaban J connectivity index is 1.45. The van der Waals surface area contributed by atoms with Gasteiger partial charge >= 0.3 is 0 Å². The average molecular weight is 451 g/mol. The summed E-state index contributed by atoms with van der Waals surface area (Å²) in [4.78, 5) is 33.6. The number of nitrogens with zero attached hydrogens (tertiary/aromatic N) is 3. The van der Waals surface area contributed by atoms with E-state index in [4.69, 9.17) is 9.40 Å². The lowest BCUT2D eigenvalue weighted by Gasteiger charge is -2.15. The smallest absolute Gasteiger partial charge is 0.257 e. The van der Waals surface area contributed by atoms with Crippen molar-refractivity contribution in [3.05, 3.63) is 94.1 Å². The highest BCUT2D eigenvalue weighted by molar-refractivity contribution is 6.12. The average Bonchev–Trinajstić information content (AvgIpc) is 3.54. The van der Waals surface area contributed by atoms with Crippen LogP contribution in [-0.2, 0) is 12.8 Å². The largest absolute Gasteiger partial charge is 0.463 e. The quantitative estimate of drug-likeness (QED) is 0.419. The fourth-order valence-corrected chi connectivity index (χ4v) is 4.47. The van der Waals surface area contributed by atoms with E-state index in [1.165, 1.54) is 4.68 Å². The van der Waals surface area contributed by atoms with E-state index in [0.29, 0.717) is 22.8 Å². The number of hydrogen-bond acceptors (Lipinski definition) is 5. The van der Waals surface area contributed by atoms with E-state index in [0.717, 1.165) is 47.7 Å². The summed E-state index contributed by atoms with van der Waals surface area (Å²) < 4.78 is 6.96. The Hall–Kier alpha value is -4.46. The molecular weight excluding hydrogens is 430 g/mol. The second-order valence-electron chi connectivity index (χ2n) is 8.31. The second kappa shape index (κ2) is 8.15. The lowest BCUT2D eigenvalue weighted by atomic mass is 9.97. The van der Waals surface area contributed by atoms with Gasteiger partial charge in [0.2, 0.25) is 5.95 Å². The Morgan fingerprint density at radius 3 is 2.76 bits per heavy atom. The highest BCUT2D eigenvalue weighted by atomic mass is 16.3. The minimum absolute atomic E-state index is 0.166. The Bertz CT molecular complexity index is 1570. The summed E-state index contributed by atoms with van der Waals surface area (Å²) in [6, 6.07) is 18.6. The topological polar surface area (TPSA) is 106 Å². The summed E-state index contributed by atoms with van der Waals surface area (Å²) in [5.74, 6) is 0.892. The summed E-state index contributed by atoms with van der Waals surface area (Å²) in [5, 5.41) is 9.37. The molecule has 8 nitrogen and oxygen atoms in total. The van der Waals surface area contributed by atoms with E-state index in [-0.39, 0.29) is 17.4 Å². The fourth-order valence-electron chi connectivity index (χ4n) is 4.47. The molecule has 34 heavy (non-hydrogen) atoms. The lowest BCUT2D eigenvalue weighted by molar-refractivity contribution is 0.102. The van der Waals surface area contributed by atoms with Crippen LogP contribution in [0.1, 0.15) is 34.5 Å². The number of rotatable bonds is 4. The molecule has 2 aromatic carbocycles. The van der Waals surface area contributed by atoms with Crippen molar-refractivity contribution in [2.24, 2.45) is 0 Å². The first-order valence-electron chi connectivity index (χ1n) is 11.2. The van der Waals surface area contributed by atoms with Crippen molar-refractivity contribution in [1.29, 1.82) is 0 Å². The van der Waals surface area contributed by atoms with Crippen LogP contribution in [0.15, 0.2) is 76.1 Å². The summed E-state index contributed by atoms with van der Waals surface area (Å²) in [5.41, 5.74) is 2.40. The number of carbonyl (C=O) groups excluding carboxylic acids is 1. The SMILES string of the molecule is O=C(Nc1cc(-c2ccco2)nn1-c1nc2c(c(=O)[nH]1)CCCC2)c1cccc2ccccc12. The van der Waals surface area contributed by atoms with Crippen LogP contribution in [0.3, 0.4) is 0 Å². The van der Waals surface area contributed by atoms with E-state index < -0.39 is 0 Å². The zero-order chi connectivity index (χ0) is 23.1. The van der Waals surface area contributed by atoms with Crippen molar-refractivity contribution in [2.75, 3.05) is 5.32 Å². The zero-order valence-corrected chi connectivity index (χ0v) is 18.2. The molecule has 0 fully saturated rings. The third kappa shape index (κ3) is 3.49. The number of carbonyl (C=O) groups is 1. The third-order valence-electron chi connectivity index (χ3n) is 6.14. The molecule has 1 amide bonds. The van der Waals surface area contributed by atoms with E-state index in [1.807, 2.05) is 36.4 Å². The first kappa shape index (κ1) is 20.2. The second-order valence-corrected chi connectivity index (χ2v) is 8.31. The number of benzene rings is 2. The highest BCUT2D eigenvalue weighted by Gasteiger charge is 2.21. The van der Waals surface area contributed by atoms with Crippen molar-refractivity contribution in [1.82, 2.24) is 19.7 Å². The molecular formula is C26H21N5O3. The number of hydrogen-bond donors (Lipinski definition) is 2. The standard InChI is InChI=1S/C26H21N5O3/c32-24(18-11-5-8-16-7-1-2-9-17(16)18)28-23-15-21(22-13-6-14-34-22)30-31(23)26-27-20-12-4-3-10-19(20)25(33)29-26/h1-2,5-9,11,13-15H,3-4,10,12H2,(H,28,32)(H,27,29,33). The number of H-pyrrole nitrogens is 1. The van der Waals surface area contributed by atoms with E-state index >= 15 is 0 Å². The molecule has 0 radical (unpaired) electrons. The number of nitrogens with one attached hydrogen (secondary N) is 2. The van der Waals surface area contributed by atoms with Gasteiger partial charge in [0.15, 0.2) is 5.76 Å². The van der Waals surface area contributed by atoms with Gasteiger partial charge in [0.05, 0.1) is 12.0 Å². The molecule has 0 spiro atoms. The maximum absolute atomic E-state index is 13.3. The van der Waals surface area contributed by atoms with Gasteiger partial charge in [0.25, 0.3) is 11.5 Å². The molecule has 3 heterocycles. The molecule has 1 aliphatic carbocycles. The molecule has 3 aromatic heterocycles. The molecule has 0 aliphatic heterocycles. The molecule has 0 saturated heterocycles. The third-order valence-corrected chi connectivity index (χ3v) is 6.14. The first-order chi connectivity index (χ1) is 16.7. The summed E-state index contributed by atoms with van der Waals surface area (Å²) in [7, 11) is 0. The van der Waals surface area contributed by atoms with Crippen molar-refractivity contribution in [3.8, 4) is 17.4 Å². The molecule has 1 aliphatic rings. The van der Waals surface area contributed by atoms with Gasteiger partial charge in [0.1, 0.15) is 11.5 Å². The maximum Gasteiger partial charge on any atom is 0.257 e. The monoisotopic (exact) mass is 451 g/mol. The Morgan fingerprint density at radius 1 is 1.03 bits per heavy atom. The number of aromatic nitrogens is 4. The van der Waals surface area contributed by atoms with Crippen LogP contribution in [-0.4, -0.2) is 25.7 Å². The Labute approximate surface area is 194 Å². The lowest BCUT2D eigenvalue weighted by Crippen LogP contribution is -2.24. The number of furan rings is 1. The summed E-state index contributed by atoms with van der Waals surface area (Å²) >= 11 is 0. The minimum Gasteiger partial charge on any atom is -0.463 e. The van der Waals surface area contributed by atoms with Gasteiger partial charge < -0.3 is 9.73 Å². The van der Waals surface area contributed by atoms with E-state index in [2.05, 4.69) is 15.4 Å². The minimum atomic E-state index is -0.288. The van der Waals surface area contributed by atoms with Gasteiger partial charge in [-0.05, 0) is 54.7 Å². The van der Waals surface area contributed by atoms with Crippen LogP contribution >= 0.6 is 0 Å². The van der Waals surface area contributed by atoms with Gasteiger partial charge in [-0.25, -0.2) is 4.98 Å². The van der Waals surface area contributed by atoms with Gasteiger partial charge in [-0.1, -0.05) is 36.4 Å². The molecule has 5 aromatic rings. The predicted octanol–water partition coefficient (Wildman–Crippen LogP) is 4.50. The molecule has 8 heteroatoms. The van der Waals surface area contributed by atoms with Crippen LogP contribution in [0, 0.1) is 0 Å². The van der Waals surface area contributed by atoms with E-state index in [1.54, 1.807) is 30.5 Å². The zero-order valence-electron chi connectivity index (χ0n) is 18.2. The van der Waals surface area contributed by atoms with Gasteiger partial charge in [-0.15, -0.1) is 0 Å². The molecule has 168 valence electrons. The molecule has 6 rings (SSSR count). The number of anilines is 1. The molecule has 0 unspecified atom stereocenters. The van der Waals surface area contributed by atoms with Crippen molar-refractivity contribution < 1.29 is 9.21 Å². The van der Waals surface area contributed by atoms with Crippen molar-refractivity contribution in [2.45, 2.75) is 25.7 Å². The number of aromatic amines is 1. The molecule has 0 bridgehead atoms. The Morgan fingerprint density at radius 2 is 1.88 bits per heavy atom. The van der Waals surface area contributed by atoms with Crippen LogP contribution in [0.2, 0.25) is 0 Å². The van der Waals surface area contributed by atoms with Crippen LogP contribution in [0.5, 0.6) is 0 Å². The maximum atomic E-state index is 13.3. The molecule has 0 saturated carbocycles. The number of fused-ring (bicyclic) bond motifs is 2. The van der Waals surface area contributed by atoms with E-state index in [9.17, 15) is 9.59 Å². The van der Waals surface area contributed by atoms with Crippen LogP contribution < -0.4 is 10.9 Å². The highest BCUT2D eigenvalue weighted by Crippen LogP contribution is 2.26. The first-order valence-corrected chi connectivity index (χ1v) is 11.2. The number of aryl methyl sites for hydroxylation is 1. The number of amides is 1. The normalized spacial score (nSPS) is 13.1. The molecule has 2 N–H and O–H groups in total. The van der Waals surface area contributed by atoms with Crippen molar-refractivity contribution in [3.63, 3.8) is 0 Å². The van der Waals surface area contributed by atoms with Crippen LogP contribution in [0.4, 0.5) is 5.82 Å². The predicted molar refractivity (Wildman–Crippen MR) is 128 cm³/mol. The van der Waals surface area contributed by atoms with Crippen LogP contribution in [0.25, 0.3) is 28.2 Å². The summed E-state index contributed by atoms with van der Waals surface area (Å²) in [6.45, 7) is 0.